The Morgan fingerprint density at radius 1 is 1.41 bits per heavy atom. The average Bonchev–Trinajstić information content (AvgIpc) is 2.35. The predicted molar refractivity (Wildman–Crippen MR) is 70.0 cm³/mol. The highest BCUT2D eigenvalue weighted by Gasteiger charge is 2.13. The van der Waals surface area contributed by atoms with E-state index in [1.165, 1.54) is 0 Å². The van der Waals surface area contributed by atoms with Gasteiger partial charge in [0.25, 0.3) is 0 Å². The summed E-state index contributed by atoms with van der Waals surface area (Å²) in [6, 6.07) is 9.69. The molecule has 0 aliphatic rings. The SMILES string of the molecule is C=CCN(C(C)=O)c1cccc2cccnc12. The van der Waals surface area contributed by atoms with Crippen molar-refractivity contribution in [2.24, 2.45) is 0 Å². The minimum atomic E-state index is -0.0111. The van der Waals surface area contributed by atoms with Crippen LogP contribution in [0.3, 0.4) is 0 Å². The first kappa shape index (κ1) is 11.3. The van der Waals surface area contributed by atoms with Crippen molar-refractivity contribution >= 4 is 22.5 Å². The fraction of sp³-hybridized carbons (Fsp3) is 0.143. The van der Waals surface area contributed by atoms with Crippen LogP contribution in [0.15, 0.2) is 49.2 Å². The standard InChI is InChI=1S/C14H14N2O/c1-3-10-16(11(2)17)13-8-4-6-12-7-5-9-15-14(12)13/h3-9H,1,10H2,2H3. The van der Waals surface area contributed by atoms with E-state index in [2.05, 4.69) is 11.6 Å². The zero-order chi connectivity index (χ0) is 12.3. The Bertz CT molecular complexity index is 558. The number of anilines is 1. The summed E-state index contributed by atoms with van der Waals surface area (Å²) < 4.78 is 0. The van der Waals surface area contributed by atoms with Crippen LogP contribution in [0.1, 0.15) is 6.92 Å². The van der Waals surface area contributed by atoms with Crippen LogP contribution in [0.5, 0.6) is 0 Å². The molecule has 0 atom stereocenters. The van der Waals surface area contributed by atoms with E-state index >= 15 is 0 Å². The van der Waals surface area contributed by atoms with Crippen LogP contribution in [0.4, 0.5) is 5.69 Å². The number of aromatic nitrogens is 1. The van der Waals surface area contributed by atoms with Gasteiger partial charge in [-0.1, -0.05) is 24.3 Å². The smallest absolute Gasteiger partial charge is 0.224 e. The second-order valence-corrected chi connectivity index (χ2v) is 3.77. The van der Waals surface area contributed by atoms with Gasteiger partial charge in [0, 0.05) is 25.1 Å². The third-order valence-electron chi connectivity index (χ3n) is 2.59. The molecular weight excluding hydrogens is 212 g/mol. The quantitative estimate of drug-likeness (QED) is 0.754. The molecule has 86 valence electrons. The lowest BCUT2D eigenvalue weighted by Crippen LogP contribution is -2.28. The molecule has 2 aromatic rings. The summed E-state index contributed by atoms with van der Waals surface area (Å²) in [5, 5.41) is 1.03. The molecule has 0 N–H and O–H groups in total. The summed E-state index contributed by atoms with van der Waals surface area (Å²) in [6.07, 6.45) is 3.45. The van der Waals surface area contributed by atoms with Crippen LogP contribution < -0.4 is 4.90 Å². The molecule has 0 bridgehead atoms. The molecule has 2 rings (SSSR count). The Balaban J connectivity index is 2.60. The van der Waals surface area contributed by atoms with Gasteiger partial charge in [0.2, 0.25) is 5.91 Å². The largest absolute Gasteiger partial charge is 0.307 e. The molecule has 1 amide bonds. The number of hydrogen-bond donors (Lipinski definition) is 0. The van der Waals surface area contributed by atoms with Crippen LogP contribution in [0, 0.1) is 0 Å². The van der Waals surface area contributed by atoms with E-state index in [0.29, 0.717) is 6.54 Å². The van der Waals surface area contributed by atoms with Crippen molar-refractivity contribution in [1.29, 1.82) is 0 Å². The molecule has 0 saturated carbocycles. The zero-order valence-corrected chi connectivity index (χ0v) is 9.76. The fourth-order valence-electron chi connectivity index (χ4n) is 1.83. The molecule has 0 saturated heterocycles. The van der Waals surface area contributed by atoms with Gasteiger partial charge in [0.1, 0.15) is 0 Å². The van der Waals surface area contributed by atoms with E-state index in [1.54, 1.807) is 24.1 Å². The maximum atomic E-state index is 11.6. The molecule has 0 aliphatic heterocycles. The second-order valence-electron chi connectivity index (χ2n) is 3.77. The van der Waals surface area contributed by atoms with E-state index < -0.39 is 0 Å². The first-order chi connectivity index (χ1) is 8.24. The Morgan fingerprint density at radius 3 is 2.88 bits per heavy atom. The minimum absolute atomic E-state index is 0.0111. The summed E-state index contributed by atoms with van der Waals surface area (Å²) in [7, 11) is 0. The van der Waals surface area contributed by atoms with E-state index in [1.807, 2.05) is 30.3 Å². The van der Waals surface area contributed by atoms with Crippen molar-refractivity contribution in [2.45, 2.75) is 6.92 Å². The second kappa shape index (κ2) is 4.78. The van der Waals surface area contributed by atoms with Crippen molar-refractivity contribution in [3.05, 3.63) is 49.2 Å². The van der Waals surface area contributed by atoms with E-state index in [-0.39, 0.29) is 5.91 Å². The number of benzene rings is 1. The first-order valence-electron chi connectivity index (χ1n) is 5.47. The number of carbonyl (C=O) groups is 1. The molecule has 0 spiro atoms. The first-order valence-corrected chi connectivity index (χ1v) is 5.47. The molecule has 0 radical (unpaired) electrons. The number of para-hydroxylation sites is 1. The van der Waals surface area contributed by atoms with Gasteiger partial charge in [-0.3, -0.25) is 9.78 Å². The Hall–Kier alpha value is -2.16. The van der Waals surface area contributed by atoms with Crippen molar-refractivity contribution < 1.29 is 4.79 Å². The number of nitrogens with zero attached hydrogens (tertiary/aromatic N) is 2. The normalized spacial score (nSPS) is 10.2. The highest BCUT2D eigenvalue weighted by molar-refractivity contribution is 6.01. The molecule has 17 heavy (non-hydrogen) atoms. The Kier molecular flexibility index (Phi) is 3.19. The molecule has 3 nitrogen and oxygen atoms in total. The number of pyridine rings is 1. The van der Waals surface area contributed by atoms with Crippen LogP contribution >= 0.6 is 0 Å². The lowest BCUT2D eigenvalue weighted by Gasteiger charge is -2.20. The Morgan fingerprint density at radius 2 is 2.18 bits per heavy atom. The summed E-state index contributed by atoms with van der Waals surface area (Å²) in [5.74, 6) is -0.0111. The molecule has 0 unspecified atom stereocenters. The maximum Gasteiger partial charge on any atom is 0.224 e. The third kappa shape index (κ3) is 2.18. The van der Waals surface area contributed by atoms with Gasteiger partial charge in [-0.25, -0.2) is 0 Å². The van der Waals surface area contributed by atoms with Crippen molar-refractivity contribution in [3.8, 4) is 0 Å². The summed E-state index contributed by atoms with van der Waals surface area (Å²) in [5.41, 5.74) is 1.67. The summed E-state index contributed by atoms with van der Waals surface area (Å²) in [4.78, 5) is 17.6. The van der Waals surface area contributed by atoms with Crippen molar-refractivity contribution in [1.82, 2.24) is 4.98 Å². The van der Waals surface area contributed by atoms with E-state index in [0.717, 1.165) is 16.6 Å². The molecule has 3 heteroatoms. The van der Waals surface area contributed by atoms with Gasteiger partial charge in [-0.2, -0.15) is 0 Å². The van der Waals surface area contributed by atoms with Crippen LogP contribution in [-0.4, -0.2) is 17.4 Å². The van der Waals surface area contributed by atoms with Crippen LogP contribution in [-0.2, 0) is 4.79 Å². The summed E-state index contributed by atoms with van der Waals surface area (Å²) in [6.45, 7) is 5.71. The number of rotatable bonds is 3. The highest BCUT2D eigenvalue weighted by atomic mass is 16.2. The monoisotopic (exact) mass is 226 g/mol. The lowest BCUT2D eigenvalue weighted by atomic mass is 10.1. The van der Waals surface area contributed by atoms with Gasteiger partial charge in [-0.05, 0) is 12.1 Å². The van der Waals surface area contributed by atoms with E-state index in [9.17, 15) is 4.79 Å². The average molecular weight is 226 g/mol. The van der Waals surface area contributed by atoms with Crippen LogP contribution in [0.2, 0.25) is 0 Å². The van der Waals surface area contributed by atoms with Crippen molar-refractivity contribution in [3.63, 3.8) is 0 Å². The highest BCUT2D eigenvalue weighted by Crippen LogP contribution is 2.24. The molecule has 0 fully saturated rings. The zero-order valence-electron chi connectivity index (χ0n) is 9.76. The number of hydrogen-bond acceptors (Lipinski definition) is 2. The molecule has 1 heterocycles. The fourth-order valence-corrected chi connectivity index (χ4v) is 1.83. The predicted octanol–water partition coefficient (Wildman–Crippen LogP) is 2.77. The van der Waals surface area contributed by atoms with Gasteiger partial charge in [0.15, 0.2) is 0 Å². The van der Waals surface area contributed by atoms with Crippen LogP contribution in [0.25, 0.3) is 10.9 Å². The maximum absolute atomic E-state index is 11.6. The molecule has 1 aromatic heterocycles. The van der Waals surface area contributed by atoms with Gasteiger partial charge in [-0.15, -0.1) is 6.58 Å². The molecular formula is C14H14N2O. The van der Waals surface area contributed by atoms with Gasteiger partial charge < -0.3 is 4.90 Å². The van der Waals surface area contributed by atoms with Gasteiger partial charge in [0.05, 0.1) is 11.2 Å². The number of fused-ring (bicyclic) bond motifs is 1. The Labute approximate surface area is 100 Å². The molecule has 0 aliphatic carbocycles. The summed E-state index contributed by atoms with van der Waals surface area (Å²) >= 11 is 0. The lowest BCUT2D eigenvalue weighted by molar-refractivity contribution is -0.116. The third-order valence-corrected chi connectivity index (χ3v) is 2.59. The van der Waals surface area contributed by atoms with E-state index in [4.69, 9.17) is 0 Å². The topological polar surface area (TPSA) is 33.2 Å². The number of carbonyl (C=O) groups excluding carboxylic acids is 1. The van der Waals surface area contributed by atoms with Crippen molar-refractivity contribution in [2.75, 3.05) is 11.4 Å². The molecule has 1 aromatic carbocycles. The minimum Gasteiger partial charge on any atom is -0.307 e. The number of amides is 1. The van der Waals surface area contributed by atoms with Gasteiger partial charge >= 0.3 is 0 Å².